The summed E-state index contributed by atoms with van der Waals surface area (Å²) in [7, 11) is 5.37. The molecule has 2 rings (SSSR count). The van der Waals surface area contributed by atoms with E-state index in [0.717, 1.165) is 29.5 Å². The van der Waals surface area contributed by atoms with Crippen molar-refractivity contribution < 1.29 is 9.53 Å². The molecule has 166 valence electrons. The van der Waals surface area contributed by atoms with Crippen molar-refractivity contribution in [3.63, 3.8) is 0 Å². The number of aryl methyl sites for hydroxylation is 2. The van der Waals surface area contributed by atoms with Crippen LogP contribution in [0.1, 0.15) is 29.4 Å². The lowest BCUT2D eigenvalue weighted by molar-refractivity contribution is -0.130. The maximum atomic E-state index is 11.7. The standard InChI is InChI=1S/C21H32N6O2.HI/c1-7-22-21(24-13-19-15(2)25-27(6)16(19)3)23-12-17-9-8-10-18(11-17)29-14-20(28)26(4)5;/h8-11H,7,12-14H2,1-6H3,(H2,22,23,24);1H. The lowest BCUT2D eigenvalue weighted by Crippen LogP contribution is -2.37. The number of benzene rings is 1. The Morgan fingerprint density at radius 2 is 2.00 bits per heavy atom. The van der Waals surface area contributed by atoms with Crippen LogP contribution in [0.15, 0.2) is 29.3 Å². The average molecular weight is 528 g/mol. The number of halogens is 1. The van der Waals surface area contributed by atoms with Crippen molar-refractivity contribution in [1.29, 1.82) is 0 Å². The molecule has 0 saturated heterocycles. The molecule has 0 aliphatic rings. The molecule has 0 spiro atoms. The van der Waals surface area contributed by atoms with E-state index in [1.165, 1.54) is 10.5 Å². The molecule has 0 atom stereocenters. The fourth-order valence-electron chi connectivity index (χ4n) is 2.77. The number of hydrogen-bond donors (Lipinski definition) is 2. The van der Waals surface area contributed by atoms with Crippen LogP contribution >= 0.6 is 24.0 Å². The highest BCUT2D eigenvalue weighted by Crippen LogP contribution is 2.14. The Hall–Kier alpha value is -2.30. The molecule has 2 aromatic rings. The molecule has 0 aliphatic carbocycles. The van der Waals surface area contributed by atoms with Gasteiger partial charge >= 0.3 is 0 Å². The largest absolute Gasteiger partial charge is 0.484 e. The number of carbonyl (C=O) groups is 1. The molecule has 9 heteroatoms. The summed E-state index contributed by atoms with van der Waals surface area (Å²) in [6.07, 6.45) is 0. The number of guanidine groups is 1. The van der Waals surface area contributed by atoms with Gasteiger partial charge in [0.15, 0.2) is 12.6 Å². The van der Waals surface area contributed by atoms with Gasteiger partial charge in [0.25, 0.3) is 5.91 Å². The number of likely N-dealkylation sites (N-methyl/N-ethyl adjacent to an activating group) is 1. The fourth-order valence-corrected chi connectivity index (χ4v) is 2.77. The molecule has 0 radical (unpaired) electrons. The van der Waals surface area contributed by atoms with Crippen LogP contribution in [0.25, 0.3) is 0 Å². The molecule has 0 unspecified atom stereocenters. The molecule has 8 nitrogen and oxygen atoms in total. The maximum Gasteiger partial charge on any atom is 0.259 e. The van der Waals surface area contributed by atoms with E-state index in [0.29, 0.717) is 18.8 Å². The molecule has 1 amide bonds. The molecular weight excluding hydrogens is 495 g/mol. The average Bonchev–Trinajstić information content (AvgIpc) is 2.93. The fraction of sp³-hybridized carbons (Fsp3) is 0.476. The second kappa shape index (κ2) is 12.4. The summed E-state index contributed by atoms with van der Waals surface area (Å²) in [6, 6.07) is 7.64. The Balaban J connectivity index is 0.00000450. The number of hydrogen-bond acceptors (Lipinski definition) is 4. The zero-order valence-electron chi connectivity index (χ0n) is 18.7. The summed E-state index contributed by atoms with van der Waals surface area (Å²) in [6.45, 7) is 8.06. The third kappa shape index (κ3) is 7.51. The van der Waals surface area contributed by atoms with E-state index in [9.17, 15) is 4.79 Å². The number of aliphatic imine (C=N–C) groups is 1. The van der Waals surface area contributed by atoms with Gasteiger partial charge in [-0.25, -0.2) is 4.99 Å². The molecule has 1 aromatic heterocycles. The lowest BCUT2D eigenvalue weighted by atomic mass is 10.2. The summed E-state index contributed by atoms with van der Waals surface area (Å²) >= 11 is 0. The predicted molar refractivity (Wildman–Crippen MR) is 130 cm³/mol. The van der Waals surface area contributed by atoms with Crippen molar-refractivity contribution in [2.24, 2.45) is 12.0 Å². The number of aromatic nitrogens is 2. The van der Waals surface area contributed by atoms with Gasteiger partial charge in [0.1, 0.15) is 5.75 Å². The molecule has 0 aliphatic heterocycles. The molecule has 1 heterocycles. The predicted octanol–water partition coefficient (Wildman–Crippen LogP) is 2.38. The Morgan fingerprint density at radius 3 is 2.60 bits per heavy atom. The highest BCUT2D eigenvalue weighted by Gasteiger charge is 2.10. The first-order valence-electron chi connectivity index (χ1n) is 9.75. The molecule has 1 aromatic carbocycles. The monoisotopic (exact) mass is 528 g/mol. The first-order valence-corrected chi connectivity index (χ1v) is 9.75. The molecule has 0 fully saturated rings. The number of carbonyl (C=O) groups excluding carboxylic acids is 1. The van der Waals surface area contributed by atoms with Crippen molar-refractivity contribution in [1.82, 2.24) is 25.3 Å². The van der Waals surface area contributed by atoms with E-state index in [2.05, 4.69) is 27.6 Å². The zero-order chi connectivity index (χ0) is 21.4. The minimum absolute atomic E-state index is 0. The van der Waals surface area contributed by atoms with Gasteiger partial charge in [-0.05, 0) is 38.5 Å². The Kier molecular flexibility index (Phi) is 10.6. The molecule has 2 N–H and O–H groups in total. The topological polar surface area (TPSA) is 83.8 Å². The number of nitrogens with one attached hydrogen (secondary N) is 2. The summed E-state index contributed by atoms with van der Waals surface area (Å²) < 4.78 is 7.47. The van der Waals surface area contributed by atoms with Gasteiger partial charge in [-0.1, -0.05) is 12.1 Å². The van der Waals surface area contributed by atoms with Gasteiger partial charge in [-0.15, -0.1) is 24.0 Å². The quantitative estimate of drug-likeness (QED) is 0.313. The number of rotatable bonds is 8. The molecule has 0 bridgehead atoms. The Labute approximate surface area is 196 Å². The molecule has 0 saturated carbocycles. The maximum absolute atomic E-state index is 11.7. The van der Waals surface area contributed by atoms with Crippen LogP contribution in [-0.2, 0) is 24.9 Å². The molecule has 30 heavy (non-hydrogen) atoms. The minimum atomic E-state index is -0.0759. The van der Waals surface area contributed by atoms with Crippen LogP contribution in [0.4, 0.5) is 0 Å². The second-order valence-electron chi connectivity index (χ2n) is 7.05. The van der Waals surface area contributed by atoms with E-state index in [4.69, 9.17) is 4.74 Å². The van der Waals surface area contributed by atoms with Crippen molar-refractivity contribution in [2.45, 2.75) is 33.9 Å². The number of nitrogens with zero attached hydrogens (tertiary/aromatic N) is 4. The summed E-state index contributed by atoms with van der Waals surface area (Å²) in [5, 5.41) is 11.1. The van der Waals surface area contributed by atoms with E-state index in [-0.39, 0.29) is 36.5 Å². The summed E-state index contributed by atoms with van der Waals surface area (Å²) in [5.41, 5.74) is 4.35. The number of amides is 1. The van der Waals surface area contributed by atoms with E-state index < -0.39 is 0 Å². The van der Waals surface area contributed by atoms with Gasteiger partial charge in [0, 0.05) is 45.5 Å². The lowest BCUT2D eigenvalue weighted by Gasteiger charge is -2.13. The van der Waals surface area contributed by atoms with Crippen LogP contribution in [0.5, 0.6) is 5.75 Å². The summed E-state index contributed by atoms with van der Waals surface area (Å²) in [4.78, 5) is 17.9. The van der Waals surface area contributed by atoms with Gasteiger partial charge in [0.2, 0.25) is 0 Å². The van der Waals surface area contributed by atoms with Gasteiger partial charge in [0.05, 0.1) is 12.2 Å². The Morgan fingerprint density at radius 1 is 1.27 bits per heavy atom. The summed E-state index contributed by atoms with van der Waals surface area (Å²) in [5.74, 6) is 1.32. The molecular formula is C21H33IN6O2. The normalized spacial score (nSPS) is 10.9. The Bertz CT molecular complexity index is 863. The van der Waals surface area contributed by atoms with Crippen LogP contribution in [0.3, 0.4) is 0 Å². The van der Waals surface area contributed by atoms with Crippen LogP contribution in [0, 0.1) is 13.8 Å². The van der Waals surface area contributed by atoms with Gasteiger partial charge in [-0.3, -0.25) is 9.48 Å². The van der Waals surface area contributed by atoms with Crippen molar-refractivity contribution >= 4 is 35.8 Å². The number of ether oxygens (including phenoxy) is 1. The smallest absolute Gasteiger partial charge is 0.259 e. The van der Waals surface area contributed by atoms with Crippen molar-refractivity contribution in [2.75, 3.05) is 27.2 Å². The SMILES string of the molecule is CCNC(=NCc1cccc(OCC(=O)N(C)C)c1)NCc1c(C)nn(C)c1C.I. The first kappa shape index (κ1) is 25.7. The third-order valence-corrected chi connectivity index (χ3v) is 4.62. The van der Waals surface area contributed by atoms with E-state index >= 15 is 0 Å². The first-order chi connectivity index (χ1) is 13.8. The minimum Gasteiger partial charge on any atom is -0.484 e. The third-order valence-electron chi connectivity index (χ3n) is 4.62. The van der Waals surface area contributed by atoms with E-state index in [1.54, 1.807) is 14.1 Å². The van der Waals surface area contributed by atoms with Gasteiger partial charge in [-0.2, -0.15) is 5.10 Å². The zero-order valence-corrected chi connectivity index (χ0v) is 21.0. The second-order valence-corrected chi connectivity index (χ2v) is 7.05. The van der Waals surface area contributed by atoms with Crippen LogP contribution < -0.4 is 15.4 Å². The van der Waals surface area contributed by atoms with E-state index in [1.807, 2.05) is 49.8 Å². The highest BCUT2D eigenvalue weighted by molar-refractivity contribution is 14.0. The van der Waals surface area contributed by atoms with Crippen LogP contribution in [-0.4, -0.2) is 53.8 Å². The highest BCUT2D eigenvalue weighted by atomic mass is 127. The van der Waals surface area contributed by atoms with Crippen molar-refractivity contribution in [3.8, 4) is 5.75 Å². The van der Waals surface area contributed by atoms with Crippen molar-refractivity contribution in [3.05, 3.63) is 46.8 Å². The van der Waals surface area contributed by atoms with Crippen LogP contribution in [0.2, 0.25) is 0 Å². The van der Waals surface area contributed by atoms with Gasteiger partial charge < -0.3 is 20.3 Å².